The van der Waals surface area contributed by atoms with Gasteiger partial charge in [-0.15, -0.1) is 0 Å². The Hall–Kier alpha value is -2.27. The highest BCUT2D eigenvalue weighted by molar-refractivity contribution is 5.79. The standard InChI is InChI=1S/C20H24N4O/c1-14-2-4-15(5-3-14)10-19(25)24-9-7-16(13-24)20-22-12-17-11-21-8-6-18(17)23-20/h2-5,12,16,21H,6-11,13H2,1H3. The lowest BCUT2D eigenvalue weighted by atomic mass is 10.1. The third-order valence-electron chi connectivity index (χ3n) is 5.21. The van der Waals surface area contributed by atoms with Crippen LogP contribution in [0.15, 0.2) is 30.5 Å². The lowest BCUT2D eigenvalue weighted by molar-refractivity contribution is -0.129. The van der Waals surface area contributed by atoms with Crippen molar-refractivity contribution < 1.29 is 4.79 Å². The second-order valence-electron chi connectivity index (χ2n) is 7.11. The number of rotatable bonds is 3. The van der Waals surface area contributed by atoms with Crippen molar-refractivity contribution in [2.75, 3.05) is 19.6 Å². The molecule has 4 rings (SSSR count). The Morgan fingerprint density at radius 2 is 2.16 bits per heavy atom. The number of likely N-dealkylation sites (tertiary alicyclic amines) is 1. The molecule has 0 radical (unpaired) electrons. The first-order chi connectivity index (χ1) is 12.2. The van der Waals surface area contributed by atoms with Crippen molar-refractivity contribution in [3.63, 3.8) is 0 Å². The van der Waals surface area contributed by atoms with E-state index < -0.39 is 0 Å². The van der Waals surface area contributed by atoms with Crippen LogP contribution in [-0.2, 0) is 24.2 Å². The lowest BCUT2D eigenvalue weighted by Gasteiger charge is -2.19. The molecule has 1 fully saturated rings. The number of aromatic nitrogens is 2. The average Bonchev–Trinajstić information content (AvgIpc) is 3.13. The highest BCUT2D eigenvalue weighted by atomic mass is 16.2. The molecule has 0 aliphatic carbocycles. The molecule has 1 aromatic carbocycles. The summed E-state index contributed by atoms with van der Waals surface area (Å²) in [7, 11) is 0. The quantitative estimate of drug-likeness (QED) is 0.931. The topological polar surface area (TPSA) is 58.1 Å². The van der Waals surface area contributed by atoms with Crippen molar-refractivity contribution in [1.29, 1.82) is 0 Å². The monoisotopic (exact) mass is 336 g/mol. The van der Waals surface area contributed by atoms with E-state index in [0.29, 0.717) is 6.42 Å². The van der Waals surface area contributed by atoms with Crippen LogP contribution in [0.5, 0.6) is 0 Å². The zero-order valence-electron chi connectivity index (χ0n) is 14.7. The SMILES string of the molecule is Cc1ccc(CC(=O)N2CCC(c3ncc4c(n3)CCNC4)C2)cc1. The molecule has 130 valence electrons. The van der Waals surface area contributed by atoms with Crippen LogP contribution in [0.4, 0.5) is 0 Å². The molecule has 1 saturated heterocycles. The Labute approximate surface area is 148 Å². The van der Waals surface area contributed by atoms with Crippen molar-refractivity contribution in [1.82, 2.24) is 20.2 Å². The molecule has 25 heavy (non-hydrogen) atoms. The minimum Gasteiger partial charge on any atom is -0.342 e. The minimum absolute atomic E-state index is 0.202. The molecular weight excluding hydrogens is 312 g/mol. The van der Waals surface area contributed by atoms with Gasteiger partial charge in [-0.2, -0.15) is 0 Å². The largest absolute Gasteiger partial charge is 0.342 e. The third-order valence-corrected chi connectivity index (χ3v) is 5.21. The Morgan fingerprint density at radius 1 is 1.32 bits per heavy atom. The summed E-state index contributed by atoms with van der Waals surface area (Å²) in [4.78, 5) is 23.9. The number of carbonyl (C=O) groups is 1. The minimum atomic E-state index is 0.202. The average molecular weight is 336 g/mol. The van der Waals surface area contributed by atoms with Gasteiger partial charge in [-0.25, -0.2) is 9.97 Å². The fourth-order valence-corrected chi connectivity index (χ4v) is 3.64. The fourth-order valence-electron chi connectivity index (χ4n) is 3.64. The van der Waals surface area contributed by atoms with Gasteiger partial charge in [0.1, 0.15) is 5.82 Å². The van der Waals surface area contributed by atoms with E-state index in [4.69, 9.17) is 4.98 Å². The highest BCUT2D eigenvalue weighted by Gasteiger charge is 2.29. The van der Waals surface area contributed by atoms with Crippen LogP contribution in [0.1, 0.15) is 40.5 Å². The van der Waals surface area contributed by atoms with E-state index in [2.05, 4.69) is 29.4 Å². The molecule has 0 bridgehead atoms. The molecule has 3 heterocycles. The lowest BCUT2D eigenvalue weighted by Crippen LogP contribution is -2.30. The number of hydrogen-bond donors (Lipinski definition) is 1. The number of benzene rings is 1. The highest BCUT2D eigenvalue weighted by Crippen LogP contribution is 2.26. The number of aryl methyl sites for hydroxylation is 1. The van der Waals surface area contributed by atoms with Crippen molar-refractivity contribution in [2.45, 2.75) is 38.6 Å². The molecule has 1 amide bonds. The first-order valence-corrected chi connectivity index (χ1v) is 9.08. The van der Waals surface area contributed by atoms with Gasteiger partial charge < -0.3 is 10.2 Å². The Bertz CT molecular complexity index is 772. The smallest absolute Gasteiger partial charge is 0.227 e. The molecule has 5 heteroatoms. The van der Waals surface area contributed by atoms with E-state index in [9.17, 15) is 4.79 Å². The second-order valence-corrected chi connectivity index (χ2v) is 7.11. The Morgan fingerprint density at radius 3 is 3.00 bits per heavy atom. The molecule has 1 aromatic heterocycles. The van der Waals surface area contributed by atoms with E-state index in [1.165, 1.54) is 16.8 Å². The zero-order chi connectivity index (χ0) is 17.2. The Kier molecular flexibility index (Phi) is 4.49. The molecular formula is C20H24N4O. The zero-order valence-corrected chi connectivity index (χ0v) is 14.7. The predicted octanol–water partition coefficient (Wildman–Crippen LogP) is 1.99. The first kappa shape index (κ1) is 16.2. The number of nitrogens with zero attached hydrogens (tertiary/aromatic N) is 3. The van der Waals surface area contributed by atoms with Gasteiger partial charge >= 0.3 is 0 Å². The maximum absolute atomic E-state index is 12.6. The maximum atomic E-state index is 12.6. The van der Waals surface area contributed by atoms with Gasteiger partial charge in [0.15, 0.2) is 0 Å². The Balaban J connectivity index is 1.40. The van der Waals surface area contributed by atoms with Crippen LogP contribution < -0.4 is 5.32 Å². The van der Waals surface area contributed by atoms with E-state index in [1.807, 2.05) is 23.2 Å². The molecule has 0 spiro atoms. The van der Waals surface area contributed by atoms with Crippen molar-refractivity contribution >= 4 is 5.91 Å². The summed E-state index contributed by atoms with van der Waals surface area (Å²) in [6.07, 6.45) is 4.36. The number of amides is 1. The molecule has 0 saturated carbocycles. The summed E-state index contributed by atoms with van der Waals surface area (Å²) in [6.45, 7) is 5.45. The van der Waals surface area contributed by atoms with Crippen molar-refractivity contribution in [2.24, 2.45) is 0 Å². The van der Waals surface area contributed by atoms with Crippen LogP contribution in [0.25, 0.3) is 0 Å². The summed E-state index contributed by atoms with van der Waals surface area (Å²) < 4.78 is 0. The molecule has 5 nitrogen and oxygen atoms in total. The number of fused-ring (bicyclic) bond motifs is 1. The molecule has 1 atom stereocenters. The molecule has 1 unspecified atom stereocenters. The van der Waals surface area contributed by atoms with Crippen LogP contribution in [0.2, 0.25) is 0 Å². The van der Waals surface area contributed by atoms with Gasteiger partial charge in [0.2, 0.25) is 5.91 Å². The summed E-state index contributed by atoms with van der Waals surface area (Å²) >= 11 is 0. The van der Waals surface area contributed by atoms with Gasteiger partial charge in [0.05, 0.1) is 6.42 Å². The summed E-state index contributed by atoms with van der Waals surface area (Å²) in [5, 5.41) is 3.35. The van der Waals surface area contributed by atoms with Crippen LogP contribution in [0, 0.1) is 6.92 Å². The normalized spacial score (nSPS) is 19.7. The van der Waals surface area contributed by atoms with Crippen LogP contribution in [0.3, 0.4) is 0 Å². The van der Waals surface area contributed by atoms with E-state index in [-0.39, 0.29) is 11.8 Å². The van der Waals surface area contributed by atoms with Gasteiger partial charge in [-0.05, 0) is 18.9 Å². The summed E-state index contributed by atoms with van der Waals surface area (Å²) in [5.41, 5.74) is 4.68. The third kappa shape index (κ3) is 3.56. The van der Waals surface area contributed by atoms with E-state index >= 15 is 0 Å². The van der Waals surface area contributed by atoms with Crippen LogP contribution >= 0.6 is 0 Å². The van der Waals surface area contributed by atoms with Gasteiger partial charge in [-0.3, -0.25) is 4.79 Å². The maximum Gasteiger partial charge on any atom is 0.227 e. The number of hydrogen-bond acceptors (Lipinski definition) is 4. The van der Waals surface area contributed by atoms with E-state index in [1.54, 1.807) is 0 Å². The number of carbonyl (C=O) groups excluding carboxylic acids is 1. The molecule has 2 aliphatic heterocycles. The predicted molar refractivity (Wildman–Crippen MR) is 96.3 cm³/mol. The van der Waals surface area contributed by atoms with Gasteiger partial charge in [0.25, 0.3) is 0 Å². The number of nitrogens with one attached hydrogen (secondary N) is 1. The molecule has 2 aliphatic rings. The van der Waals surface area contributed by atoms with Crippen LogP contribution in [-0.4, -0.2) is 40.4 Å². The van der Waals surface area contributed by atoms with Crippen molar-refractivity contribution in [3.05, 3.63) is 58.7 Å². The van der Waals surface area contributed by atoms with Gasteiger partial charge in [-0.1, -0.05) is 29.8 Å². The van der Waals surface area contributed by atoms with Crippen molar-refractivity contribution in [3.8, 4) is 0 Å². The molecule has 1 N–H and O–H groups in total. The van der Waals surface area contributed by atoms with Gasteiger partial charge in [0, 0.05) is 56.0 Å². The second kappa shape index (κ2) is 6.92. The summed E-state index contributed by atoms with van der Waals surface area (Å²) in [5.74, 6) is 1.38. The van der Waals surface area contributed by atoms with E-state index in [0.717, 1.165) is 50.4 Å². The summed E-state index contributed by atoms with van der Waals surface area (Å²) in [6, 6.07) is 8.21. The fraction of sp³-hybridized carbons (Fsp3) is 0.450. The molecule has 2 aromatic rings. The first-order valence-electron chi connectivity index (χ1n) is 9.08.